The first-order valence-electron chi connectivity index (χ1n) is 6.35. The molecular weight excluding hydrogens is 276 g/mol. The summed E-state index contributed by atoms with van der Waals surface area (Å²) in [7, 11) is -1.62. The number of benzene rings is 1. The highest BCUT2D eigenvalue weighted by atomic mass is 28.3. The van der Waals surface area contributed by atoms with Crippen LogP contribution in [0.5, 0.6) is 5.75 Å². The first kappa shape index (κ1) is 16.2. The minimum absolute atomic E-state index is 0.0281. The lowest BCUT2D eigenvalue weighted by Gasteiger charge is -2.23. The number of hydrogen-bond acceptors (Lipinski definition) is 3. The molecule has 0 fully saturated rings. The Morgan fingerprint density at radius 1 is 1.05 bits per heavy atom. The summed E-state index contributed by atoms with van der Waals surface area (Å²) in [6.45, 7) is 9.41. The van der Waals surface area contributed by atoms with Gasteiger partial charge in [0.25, 0.3) is 0 Å². The minimum atomic E-state index is -1.62. The van der Waals surface area contributed by atoms with Crippen molar-refractivity contribution in [3.8, 4) is 5.75 Å². The van der Waals surface area contributed by atoms with E-state index >= 15 is 0 Å². The van der Waals surface area contributed by atoms with Crippen molar-refractivity contribution in [3.05, 3.63) is 28.8 Å². The molecule has 0 aliphatic carbocycles. The van der Waals surface area contributed by atoms with E-state index in [4.69, 9.17) is 4.43 Å². The van der Waals surface area contributed by atoms with E-state index in [0.717, 1.165) is 0 Å². The summed E-state index contributed by atoms with van der Waals surface area (Å²) in [6, 6.07) is 3.00. The molecule has 1 rings (SSSR count). The maximum absolute atomic E-state index is 11.4. The molecule has 0 bridgehead atoms. The average Bonchev–Trinajstić information content (AvgIpc) is 2.25. The monoisotopic (exact) mass is 296 g/mol. The lowest BCUT2D eigenvalue weighted by atomic mass is 9.84. The Morgan fingerprint density at radius 3 is 1.70 bits per heavy atom. The number of carboxylic acids is 2. The van der Waals surface area contributed by atoms with Gasteiger partial charge in [-0.3, -0.25) is 0 Å². The predicted octanol–water partition coefficient (Wildman–Crippen LogP) is 2.74. The fourth-order valence-electron chi connectivity index (χ4n) is 1.74. The van der Waals surface area contributed by atoms with Crippen molar-refractivity contribution in [2.75, 3.05) is 0 Å². The second-order valence-electron chi connectivity index (χ2n) is 5.93. The van der Waals surface area contributed by atoms with E-state index in [2.05, 4.69) is 0 Å². The van der Waals surface area contributed by atoms with Gasteiger partial charge < -0.3 is 14.6 Å². The number of rotatable bonds is 4. The van der Waals surface area contributed by atoms with E-state index < -0.39 is 21.0 Å². The molecule has 0 heterocycles. The first-order chi connectivity index (χ1) is 9.04. The third-order valence-electron chi connectivity index (χ3n) is 2.77. The number of carbonyl (C=O) groups is 2. The SMILES string of the molecule is C[SiH](C)Oc1c(C(=O)O)cc(C(C)(C)C)cc1C(=O)O. The average molecular weight is 296 g/mol. The Kier molecular flexibility index (Phi) is 4.60. The van der Waals surface area contributed by atoms with Gasteiger partial charge in [-0.25, -0.2) is 9.59 Å². The van der Waals surface area contributed by atoms with Crippen LogP contribution in [0.25, 0.3) is 0 Å². The minimum Gasteiger partial charge on any atom is -0.546 e. The molecule has 110 valence electrons. The molecule has 0 atom stereocenters. The Morgan fingerprint density at radius 2 is 1.45 bits per heavy atom. The van der Waals surface area contributed by atoms with Crippen LogP contribution in [0, 0.1) is 0 Å². The normalized spacial score (nSPS) is 11.5. The number of aromatic carboxylic acids is 2. The van der Waals surface area contributed by atoms with Crippen molar-refractivity contribution in [1.29, 1.82) is 0 Å². The Balaban J connectivity index is 3.63. The van der Waals surface area contributed by atoms with Crippen LogP contribution in [0.1, 0.15) is 47.1 Å². The maximum atomic E-state index is 11.4. The topological polar surface area (TPSA) is 83.8 Å². The molecule has 2 N–H and O–H groups in total. The molecule has 0 saturated carbocycles. The van der Waals surface area contributed by atoms with Crippen LogP contribution in [-0.4, -0.2) is 31.2 Å². The van der Waals surface area contributed by atoms with Crippen molar-refractivity contribution >= 4 is 21.0 Å². The molecule has 0 aromatic heterocycles. The molecule has 0 aliphatic rings. The summed E-state index contributed by atoms with van der Waals surface area (Å²) in [6.07, 6.45) is 0. The van der Waals surface area contributed by atoms with E-state index in [0.29, 0.717) is 5.56 Å². The van der Waals surface area contributed by atoms with E-state index in [1.807, 2.05) is 33.9 Å². The van der Waals surface area contributed by atoms with E-state index in [-0.39, 0.29) is 22.3 Å². The summed E-state index contributed by atoms with van der Waals surface area (Å²) >= 11 is 0. The van der Waals surface area contributed by atoms with Gasteiger partial charge >= 0.3 is 11.9 Å². The highest BCUT2D eigenvalue weighted by Gasteiger charge is 2.26. The molecule has 5 nitrogen and oxygen atoms in total. The van der Waals surface area contributed by atoms with Gasteiger partial charge in [-0.15, -0.1) is 0 Å². The summed E-state index contributed by atoms with van der Waals surface area (Å²) < 4.78 is 5.54. The molecule has 6 heteroatoms. The van der Waals surface area contributed by atoms with Crippen molar-refractivity contribution < 1.29 is 24.2 Å². The molecule has 1 aromatic rings. The summed E-state index contributed by atoms with van der Waals surface area (Å²) in [4.78, 5) is 22.8. The van der Waals surface area contributed by atoms with Crippen LogP contribution in [0.3, 0.4) is 0 Å². The third-order valence-corrected chi connectivity index (χ3v) is 3.48. The third kappa shape index (κ3) is 3.60. The standard InChI is InChI=1S/C14H20O5Si/c1-14(2,3)8-6-9(12(15)16)11(19-20(4)5)10(7-8)13(17)18/h6-7,20H,1-5H3,(H,15,16)(H,17,18). The Labute approximate surface area is 119 Å². The number of hydrogen-bond donors (Lipinski definition) is 2. The molecule has 0 amide bonds. The van der Waals surface area contributed by atoms with Gasteiger partial charge in [0, 0.05) is 0 Å². The van der Waals surface area contributed by atoms with Gasteiger partial charge in [0.15, 0.2) is 0 Å². The maximum Gasteiger partial charge on any atom is 0.339 e. The van der Waals surface area contributed by atoms with Crippen molar-refractivity contribution in [2.24, 2.45) is 0 Å². The summed E-state index contributed by atoms with van der Waals surface area (Å²) in [5.41, 5.74) is 0.138. The zero-order valence-electron chi connectivity index (χ0n) is 12.4. The van der Waals surface area contributed by atoms with Gasteiger partial charge in [0.05, 0.1) is 0 Å². The second kappa shape index (κ2) is 5.66. The molecule has 0 aliphatic heterocycles. The zero-order chi connectivity index (χ0) is 15.7. The van der Waals surface area contributed by atoms with Crippen LogP contribution < -0.4 is 4.43 Å². The Hall–Kier alpha value is -1.82. The fourth-order valence-corrected chi connectivity index (χ4v) is 2.47. The van der Waals surface area contributed by atoms with Crippen LogP contribution in [0.15, 0.2) is 12.1 Å². The smallest absolute Gasteiger partial charge is 0.339 e. The van der Waals surface area contributed by atoms with Gasteiger partial charge in [-0.1, -0.05) is 20.8 Å². The lowest BCUT2D eigenvalue weighted by molar-refractivity contribution is 0.0693. The largest absolute Gasteiger partial charge is 0.546 e. The van der Waals surface area contributed by atoms with Crippen LogP contribution in [-0.2, 0) is 5.41 Å². The highest BCUT2D eigenvalue weighted by molar-refractivity contribution is 6.49. The van der Waals surface area contributed by atoms with E-state index in [9.17, 15) is 19.8 Å². The highest BCUT2D eigenvalue weighted by Crippen LogP contribution is 2.32. The van der Waals surface area contributed by atoms with Gasteiger partial charge in [-0.05, 0) is 36.2 Å². The molecule has 1 aromatic carbocycles. The van der Waals surface area contributed by atoms with Crippen molar-refractivity contribution in [3.63, 3.8) is 0 Å². The van der Waals surface area contributed by atoms with Crippen LogP contribution in [0.2, 0.25) is 13.1 Å². The van der Waals surface area contributed by atoms with Crippen LogP contribution in [0.4, 0.5) is 0 Å². The molecule has 0 saturated heterocycles. The van der Waals surface area contributed by atoms with Crippen molar-refractivity contribution in [1.82, 2.24) is 0 Å². The second-order valence-corrected chi connectivity index (χ2v) is 8.26. The van der Waals surface area contributed by atoms with Crippen LogP contribution >= 0.6 is 0 Å². The Bertz CT molecular complexity index is 508. The van der Waals surface area contributed by atoms with Gasteiger partial charge in [-0.2, -0.15) is 0 Å². The van der Waals surface area contributed by atoms with E-state index in [1.165, 1.54) is 12.1 Å². The summed E-state index contributed by atoms with van der Waals surface area (Å²) in [5, 5.41) is 18.6. The summed E-state index contributed by atoms with van der Waals surface area (Å²) in [5.74, 6) is -2.38. The molecule has 20 heavy (non-hydrogen) atoms. The van der Waals surface area contributed by atoms with Gasteiger partial charge in [0.1, 0.15) is 16.9 Å². The zero-order valence-corrected chi connectivity index (χ0v) is 13.5. The first-order valence-corrected chi connectivity index (χ1v) is 9.14. The molecule has 0 spiro atoms. The lowest BCUT2D eigenvalue weighted by Crippen LogP contribution is -2.20. The molecule has 0 radical (unpaired) electrons. The predicted molar refractivity (Wildman–Crippen MR) is 78.6 cm³/mol. The van der Waals surface area contributed by atoms with Crippen molar-refractivity contribution in [2.45, 2.75) is 39.3 Å². The van der Waals surface area contributed by atoms with E-state index in [1.54, 1.807) is 0 Å². The number of carboxylic acid groups (broad SMARTS) is 2. The fraction of sp³-hybridized carbons (Fsp3) is 0.429. The quantitative estimate of drug-likeness (QED) is 0.835. The molecule has 0 unspecified atom stereocenters. The molecular formula is C14H20O5Si. The van der Waals surface area contributed by atoms with Gasteiger partial charge in [0.2, 0.25) is 9.04 Å².